The predicted octanol–water partition coefficient (Wildman–Crippen LogP) is 3.22. The van der Waals surface area contributed by atoms with Crippen molar-refractivity contribution in [1.29, 1.82) is 0 Å². The van der Waals surface area contributed by atoms with Crippen LogP contribution in [-0.2, 0) is 11.2 Å². The number of carbonyl (C=O) groups is 1. The lowest BCUT2D eigenvalue weighted by molar-refractivity contribution is 0.0521. The van der Waals surface area contributed by atoms with Crippen molar-refractivity contribution in [3.63, 3.8) is 0 Å². The Hall–Kier alpha value is -1.75. The van der Waals surface area contributed by atoms with Crippen molar-refractivity contribution in [3.8, 4) is 5.75 Å². The van der Waals surface area contributed by atoms with E-state index in [1.54, 1.807) is 12.1 Å². The van der Waals surface area contributed by atoms with E-state index in [1.807, 2.05) is 32.9 Å². The fourth-order valence-electron chi connectivity index (χ4n) is 2.29. The summed E-state index contributed by atoms with van der Waals surface area (Å²) < 4.78 is 5.24. The molecule has 23 heavy (non-hydrogen) atoms. The molecule has 5 heteroatoms. The minimum Gasteiger partial charge on any atom is -0.508 e. The molecule has 130 valence electrons. The molecule has 2 atom stereocenters. The van der Waals surface area contributed by atoms with Gasteiger partial charge in [-0.25, -0.2) is 4.79 Å². The van der Waals surface area contributed by atoms with Gasteiger partial charge in [0.15, 0.2) is 0 Å². The molecule has 0 spiro atoms. The van der Waals surface area contributed by atoms with Gasteiger partial charge in [0.05, 0.1) is 0 Å². The molecular weight excluding hydrogens is 292 g/mol. The summed E-state index contributed by atoms with van der Waals surface area (Å²) in [6.45, 7) is 10.3. The van der Waals surface area contributed by atoms with E-state index >= 15 is 0 Å². The van der Waals surface area contributed by atoms with E-state index in [1.165, 1.54) is 0 Å². The fourth-order valence-corrected chi connectivity index (χ4v) is 2.29. The second-order valence-electron chi connectivity index (χ2n) is 6.93. The van der Waals surface area contributed by atoms with E-state index < -0.39 is 5.60 Å². The molecule has 0 aliphatic rings. The Kier molecular flexibility index (Phi) is 7.36. The van der Waals surface area contributed by atoms with Crippen LogP contribution in [0.2, 0.25) is 0 Å². The molecule has 0 fully saturated rings. The first-order valence-corrected chi connectivity index (χ1v) is 8.20. The lowest BCUT2D eigenvalue weighted by atomic mass is 10.1. The van der Waals surface area contributed by atoms with E-state index in [0.29, 0.717) is 6.54 Å². The van der Waals surface area contributed by atoms with E-state index in [2.05, 4.69) is 24.5 Å². The molecule has 1 amide bonds. The van der Waals surface area contributed by atoms with Gasteiger partial charge >= 0.3 is 6.09 Å². The molecule has 0 saturated carbocycles. The van der Waals surface area contributed by atoms with Gasteiger partial charge in [-0.1, -0.05) is 19.1 Å². The molecule has 5 nitrogen and oxygen atoms in total. The van der Waals surface area contributed by atoms with Crippen molar-refractivity contribution in [2.45, 2.75) is 65.1 Å². The van der Waals surface area contributed by atoms with Crippen molar-refractivity contribution in [2.75, 3.05) is 6.54 Å². The highest BCUT2D eigenvalue weighted by Gasteiger charge is 2.17. The molecule has 0 aliphatic carbocycles. The van der Waals surface area contributed by atoms with Gasteiger partial charge in [0, 0.05) is 18.6 Å². The zero-order chi connectivity index (χ0) is 17.5. The summed E-state index contributed by atoms with van der Waals surface area (Å²) in [7, 11) is 0. The molecule has 1 rings (SSSR count). The summed E-state index contributed by atoms with van der Waals surface area (Å²) in [5, 5.41) is 15.6. The zero-order valence-electron chi connectivity index (χ0n) is 14.8. The molecule has 0 aromatic heterocycles. The average molecular weight is 322 g/mol. The highest BCUT2D eigenvalue weighted by molar-refractivity contribution is 5.67. The van der Waals surface area contributed by atoms with Crippen LogP contribution in [0.5, 0.6) is 5.75 Å². The molecule has 1 aromatic rings. The Morgan fingerprint density at radius 3 is 2.39 bits per heavy atom. The van der Waals surface area contributed by atoms with Gasteiger partial charge in [0.25, 0.3) is 0 Å². The van der Waals surface area contributed by atoms with Crippen LogP contribution in [0.1, 0.15) is 46.6 Å². The summed E-state index contributed by atoms with van der Waals surface area (Å²) in [6, 6.07) is 7.70. The minimum atomic E-state index is -0.481. The largest absolute Gasteiger partial charge is 0.508 e. The van der Waals surface area contributed by atoms with Gasteiger partial charge in [-0.3, -0.25) is 0 Å². The summed E-state index contributed by atoms with van der Waals surface area (Å²) in [5.41, 5.74) is 0.684. The van der Waals surface area contributed by atoms with Gasteiger partial charge in [-0.05, 0) is 58.2 Å². The van der Waals surface area contributed by atoms with Crippen LogP contribution >= 0.6 is 0 Å². The summed E-state index contributed by atoms with van der Waals surface area (Å²) >= 11 is 0. The van der Waals surface area contributed by atoms with Crippen LogP contribution in [0.4, 0.5) is 4.79 Å². The Balaban J connectivity index is 2.39. The zero-order valence-corrected chi connectivity index (χ0v) is 14.8. The third-order valence-corrected chi connectivity index (χ3v) is 3.38. The van der Waals surface area contributed by atoms with Crippen molar-refractivity contribution >= 4 is 6.09 Å². The number of nitrogens with one attached hydrogen (secondary N) is 2. The third-order valence-electron chi connectivity index (χ3n) is 3.38. The van der Waals surface area contributed by atoms with E-state index in [9.17, 15) is 9.90 Å². The van der Waals surface area contributed by atoms with Crippen LogP contribution < -0.4 is 10.6 Å². The first kappa shape index (κ1) is 19.3. The van der Waals surface area contributed by atoms with Crippen LogP contribution in [0.25, 0.3) is 0 Å². The van der Waals surface area contributed by atoms with Crippen LogP contribution in [0.15, 0.2) is 24.3 Å². The Morgan fingerprint density at radius 2 is 1.87 bits per heavy atom. The maximum atomic E-state index is 11.7. The number of alkyl carbamates (subject to hydrolysis) is 1. The van der Waals surface area contributed by atoms with Crippen LogP contribution in [0, 0.1) is 0 Å². The maximum absolute atomic E-state index is 11.7. The summed E-state index contributed by atoms with van der Waals surface area (Å²) in [4.78, 5) is 11.7. The predicted molar refractivity (Wildman–Crippen MR) is 92.7 cm³/mol. The number of phenolic OH excluding ortho intramolecular Hbond substituents is 1. The highest BCUT2D eigenvalue weighted by atomic mass is 16.6. The molecule has 0 heterocycles. The van der Waals surface area contributed by atoms with Crippen molar-refractivity contribution in [1.82, 2.24) is 10.6 Å². The molecule has 2 unspecified atom stereocenters. The maximum Gasteiger partial charge on any atom is 0.407 e. The van der Waals surface area contributed by atoms with Crippen molar-refractivity contribution < 1.29 is 14.6 Å². The smallest absolute Gasteiger partial charge is 0.407 e. The number of aromatic hydroxyl groups is 1. The van der Waals surface area contributed by atoms with Gasteiger partial charge in [-0.2, -0.15) is 0 Å². The first-order chi connectivity index (χ1) is 10.7. The number of amides is 1. The number of hydrogen-bond acceptors (Lipinski definition) is 4. The quantitative estimate of drug-likeness (QED) is 0.721. The number of rotatable bonds is 7. The lowest BCUT2D eigenvalue weighted by Crippen LogP contribution is -2.46. The molecule has 0 aliphatic heterocycles. The molecule has 0 saturated heterocycles. The average Bonchev–Trinajstić information content (AvgIpc) is 2.44. The Labute approximate surface area is 139 Å². The van der Waals surface area contributed by atoms with Gasteiger partial charge in [0.1, 0.15) is 11.4 Å². The minimum absolute atomic E-state index is 0.189. The van der Waals surface area contributed by atoms with E-state index in [-0.39, 0.29) is 23.9 Å². The number of ether oxygens (including phenoxy) is 1. The number of benzene rings is 1. The van der Waals surface area contributed by atoms with Crippen molar-refractivity contribution in [3.05, 3.63) is 29.8 Å². The topological polar surface area (TPSA) is 70.6 Å². The number of phenols is 1. The first-order valence-electron chi connectivity index (χ1n) is 8.20. The highest BCUT2D eigenvalue weighted by Crippen LogP contribution is 2.11. The van der Waals surface area contributed by atoms with E-state index in [4.69, 9.17) is 4.74 Å². The molecule has 0 bridgehead atoms. The van der Waals surface area contributed by atoms with Gasteiger partial charge in [0.2, 0.25) is 0 Å². The molecule has 0 radical (unpaired) electrons. The van der Waals surface area contributed by atoms with Crippen molar-refractivity contribution in [2.24, 2.45) is 0 Å². The second-order valence-corrected chi connectivity index (χ2v) is 6.93. The van der Waals surface area contributed by atoms with Crippen LogP contribution in [0.3, 0.4) is 0 Å². The normalized spacial score (nSPS) is 14.1. The molecule has 1 aromatic carbocycles. The standard InChI is InChI=1S/C18H30N2O3/c1-6-15(12-19-17(22)23-18(3,4)5)20-13(2)11-14-7-9-16(21)10-8-14/h7-10,13,15,20-21H,6,11-12H2,1-5H3,(H,19,22). The third kappa shape index (κ3) is 8.45. The van der Waals surface area contributed by atoms with Gasteiger partial charge in [-0.15, -0.1) is 0 Å². The van der Waals surface area contributed by atoms with Gasteiger partial charge < -0.3 is 20.5 Å². The fraction of sp³-hybridized carbons (Fsp3) is 0.611. The van der Waals surface area contributed by atoms with E-state index in [0.717, 1.165) is 18.4 Å². The molecular formula is C18H30N2O3. The lowest BCUT2D eigenvalue weighted by Gasteiger charge is -2.24. The second kappa shape index (κ2) is 8.77. The summed E-state index contributed by atoms with van der Waals surface area (Å²) in [6.07, 6.45) is 1.39. The summed E-state index contributed by atoms with van der Waals surface area (Å²) in [5.74, 6) is 0.280. The number of hydrogen-bond donors (Lipinski definition) is 3. The SMILES string of the molecule is CCC(CNC(=O)OC(C)(C)C)NC(C)Cc1ccc(O)cc1. The Morgan fingerprint density at radius 1 is 1.26 bits per heavy atom. The number of carbonyl (C=O) groups excluding carboxylic acids is 1. The molecule has 3 N–H and O–H groups in total. The Bertz CT molecular complexity index is 480. The monoisotopic (exact) mass is 322 g/mol. The van der Waals surface area contributed by atoms with Crippen LogP contribution in [-0.4, -0.2) is 35.4 Å².